The quantitative estimate of drug-likeness (QED) is 0.454. The highest BCUT2D eigenvalue weighted by Gasteiger charge is 2.18. The number of hydrogen-bond acceptors (Lipinski definition) is 4. The van der Waals surface area contributed by atoms with E-state index >= 15 is 0 Å². The summed E-state index contributed by atoms with van der Waals surface area (Å²) in [6, 6.07) is 12.6. The van der Waals surface area contributed by atoms with E-state index < -0.39 is 12.5 Å². The van der Waals surface area contributed by atoms with Crippen LogP contribution in [0.4, 0.5) is 8.78 Å². The maximum absolute atomic E-state index is 13.3. The third-order valence-electron chi connectivity index (χ3n) is 3.90. The van der Waals surface area contributed by atoms with Gasteiger partial charge in [0.25, 0.3) is 0 Å². The zero-order valence-corrected chi connectivity index (χ0v) is 15.2. The minimum atomic E-state index is -2.75. The first-order valence-corrected chi connectivity index (χ1v) is 9.04. The van der Waals surface area contributed by atoms with E-state index in [-0.39, 0.29) is 18.2 Å². The first-order valence-electron chi connectivity index (χ1n) is 8.05. The van der Waals surface area contributed by atoms with Gasteiger partial charge < -0.3 is 4.74 Å². The van der Waals surface area contributed by atoms with E-state index in [0.717, 1.165) is 20.6 Å². The van der Waals surface area contributed by atoms with Crippen LogP contribution >= 0.6 is 11.8 Å². The Morgan fingerprint density at radius 1 is 1.23 bits per heavy atom. The molecule has 0 saturated carbocycles. The number of fused-ring (bicyclic) bond motifs is 1. The number of nitrogens with zero attached hydrogens (tertiary/aromatic N) is 2. The predicted octanol–water partition coefficient (Wildman–Crippen LogP) is 4.88. The van der Waals surface area contributed by atoms with E-state index in [9.17, 15) is 13.6 Å². The van der Waals surface area contributed by atoms with Crippen molar-refractivity contribution in [2.45, 2.75) is 31.9 Å². The molecular weight excluding hydrogens is 358 g/mol. The third kappa shape index (κ3) is 4.04. The van der Waals surface area contributed by atoms with Gasteiger partial charge in [-0.25, -0.2) is 4.98 Å². The van der Waals surface area contributed by atoms with Crippen LogP contribution in [-0.4, -0.2) is 21.3 Å². The van der Waals surface area contributed by atoms with Crippen LogP contribution in [0.1, 0.15) is 23.5 Å². The first-order chi connectivity index (χ1) is 12.5. The van der Waals surface area contributed by atoms with Gasteiger partial charge in [0, 0.05) is 4.90 Å². The number of thioether (sulfide) groups is 1. The number of esters is 1. The minimum Gasteiger partial charge on any atom is -0.457 e. The smallest absolute Gasteiger partial charge is 0.320 e. The monoisotopic (exact) mass is 376 g/mol. The molecule has 26 heavy (non-hydrogen) atoms. The number of ether oxygens (including phenoxy) is 1. The predicted molar refractivity (Wildman–Crippen MR) is 97.4 cm³/mol. The highest BCUT2D eigenvalue weighted by molar-refractivity contribution is 8.00. The summed E-state index contributed by atoms with van der Waals surface area (Å²) in [6.45, 7) is 0.947. The molecule has 0 atom stereocenters. The van der Waals surface area contributed by atoms with Gasteiger partial charge in [0.2, 0.25) is 0 Å². The zero-order chi connectivity index (χ0) is 18.7. The van der Waals surface area contributed by atoms with E-state index in [2.05, 4.69) is 4.98 Å². The molecule has 136 valence electrons. The number of halogens is 2. The van der Waals surface area contributed by atoms with Crippen LogP contribution in [0.3, 0.4) is 0 Å². The summed E-state index contributed by atoms with van der Waals surface area (Å²) in [5.74, 6) is -0.326. The number of carbonyl (C=O) groups is 1. The van der Waals surface area contributed by atoms with Crippen LogP contribution in [0.5, 0.6) is 0 Å². The highest BCUT2D eigenvalue weighted by atomic mass is 32.2. The molecule has 0 bridgehead atoms. The lowest BCUT2D eigenvalue weighted by Gasteiger charge is -2.09. The summed E-state index contributed by atoms with van der Waals surface area (Å²) < 4.78 is 32.6. The Kier molecular flexibility index (Phi) is 5.56. The molecule has 4 nitrogen and oxygen atoms in total. The van der Waals surface area contributed by atoms with Crippen LogP contribution in [0.2, 0.25) is 0 Å². The molecule has 3 rings (SSSR count). The standard InChI is InChI=1S/C19H18F2N2O2S/c1-12-7-8-16(13(2)9-12)26-11-18(24)25-10-17-22-14-5-3-4-6-15(14)23(17)19(20)21/h3-9,19H,10-11H2,1-2H3. The second-order valence-corrected chi connectivity index (χ2v) is 6.90. The maximum atomic E-state index is 13.3. The molecule has 0 radical (unpaired) electrons. The normalized spacial score (nSPS) is 11.3. The molecule has 7 heteroatoms. The minimum absolute atomic E-state index is 0.0334. The van der Waals surface area contributed by atoms with Crippen LogP contribution in [0.15, 0.2) is 47.4 Å². The number of benzene rings is 2. The van der Waals surface area contributed by atoms with Gasteiger partial charge in [0.15, 0.2) is 5.82 Å². The van der Waals surface area contributed by atoms with E-state index in [0.29, 0.717) is 11.0 Å². The first kappa shape index (κ1) is 18.4. The second-order valence-electron chi connectivity index (χ2n) is 5.88. The number of carbonyl (C=O) groups excluding carboxylic acids is 1. The summed E-state index contributed by atoms with van der Waals surface area (Å²) >= 11 is 1.36. The van der Waals surface area contributed by atoms with Gasteiger partial charge in [-0.3, -0.25) is 9.36 Å². The molecule has 0 amide bonds. The maximum Gasteiger partial charge on any atom is 0.320 e. The SMILES string of the molecule is Cc1ccc(SCC(=O)OCc2nc3ccccc3n2C(F)F)c(C)c1. The Morgan fingerprint density at radius 2 is 2.00 bits per heavy atom. The molecule has 0 unspecified atom stereocenters. The van der Waals surface area contributed by atoms with Crippen molar-refractivity contribution in [3.63, 3.8) is 0 Å². The third-order valence-corrected chi connectivity index (χ3v) is 5.05. The fraction of sp³-hybridized carbons (Fsp3) is 0.263. The Bertz CT molecular complexity index is 940. The van der Waals surface area contributed by atoms with Crippen molar-refractivity contribution < 1.29 is 18.3 Å². The summed E-state index contributed by atoms with van der Waals surface area (Å²) in [4.78, 5) is 17.1. The van der Waals surface area contributed by atoms with Gasteiger partial charge in [-0.2, -0.15) is 8.78 Å². The Hall–Kier alpha value is -2.41. The molecule has 0 aliphatic heterocycles. The molecule has 0 fully saturated rings. The van der Waals surface area contributed by atoms with E-state index in [1.165, 1.54) is 11.8 Å². The Morgan fingerprint density at radius 3 is 2.73 bits per heavy atom. The Balaban J connectivity index is 1.64. The molecule has 1 heterocycles. The van der Waals surface area contributed by atoms with Gasteiger partial charge in [0.05, 0.1) is 16.8 Å². The molecule has 3 aromatic rings. The van der Waals surface area contributed by atoms with Crippen LogP contribution < -0.4 is 0 Å². The molecule has 0 spiro atoms. The summed E-state index contributed by atoms with van der Waals surface area (Å²) in [5.41, 5.74) is 3.00. The molecule has 0 N–H and O–H groups in total. The molecule has 1 aromatic heterocycles. The van der Waals surface area contributed by atoms with Crippen LogP contribution in [0, 0.1) is 13.8 Å². The molecular formula is C19H18F2N2O2S. The van der Waals surface area contributed by atoms with E-state index in [1.54, 1.807) is 24.3 Å². The lowest BCUT2D eigenvalue weighted by molar-refractivity contribution is -0.142. The second kappa shape index (κ2) is 7.86. The number of aromatic nitrogens is 2. The van der Waals surface area contributed by atoms with Crippen molar-refractivity contribution in [2.24, 2.45) is 0 Å². The van der Waals surface area contributed by atoms with Crippen molar-refractivity contribution in [2.75, 3.05) is 5.75 Å². The number of rotatable bonds is 6. The van der Waals surface area contributed by atoms with Crippen molar-refractivity contribution in [3.05, 3.63) is 59.4 Å². The molecule has 0 aliphatic carbocycles. The lowest BCUT2D eigenvalue weighted by atomic mass is 10.2. The van der Waals surface area contributed by atoms with Crippen molar-refractivity contribution >= 4 is 28.8 Å². The zero-order valence-electron chi connectivity index (χ0n) is 14.4. The van der Waals surface area contributed by atoms with Gasteiger partial charge in [-0.15, -0.1) is 11.8 Å². The van der Waals surface area contributed by atoms with E-state index in [4.69, 9.17) is 4.74 Å². The summed E-state index contributed by atoms with van der Waals surface area (Å²) in [5, 5.41) is 0. The van der Waals surface area contributed by atoms with Gasteiger partial charge >= 0.3 is 12.5 Å². The topological polar surface area (TPSA) is 44.1 Å². The number of imidazole rings is 1. The highest BCUT2D eigenvalue weighted by Crippen LogP contribution is 2.25. The van der Waals surface area contributed by atoms with Crippen LogP contribution in [0.25, 0.3) is 11.0 Å². The van der Waals surface area contributed by atoms with Gasteiger partial charge in [0.1, 0.15) is 6.61 Å². The van der Waals surface area contributed by atoms with E-state index in [1.807, 2.05) is 32.0 Å². The van der Waals surface area contributed by atoms with Crippen LogP contribution in [-0.2, 0) is 16.1 Å². The van der Waals surface area contributed by atoms with Gasteiger partial charge in [-0.1, -0.05) is 29.8 Å². The average molecular weight is 376 g/mol. The average Bonchev–Trinajstić information content (AvgIpc) is 2.97. The Labute approximate surface area is 154 Å². The van der Waals surface area contributed by atoms with Crippen molar-refractivity contribution in [1.29, 1.82) is 0 Å². The number of para-hydroxylation sites is 2. The number of aryl methyl sites for hydroxylation is 2. The lowest BCUT2D eigenvalue weighted by Crippen LogP contribution is -2.12. The number of alkyl halides is 2. The molecule has 0 saturated heterocycles. The molecule has 2 aromatic carbocycles. The summed E-state index contributed by atoms with van der Waals surface area (Å²) in [6.07, 6.45) is 0. The number of hydrogen-bond donors (Lipinski definition) is 0. The van der Waals surface area contributed by atoms with Crippen molar-refractivity contribution in [3.8, 4) is 0 Å². The fourth-order valence-electron chi connectivity index (χ4n) is 2.70. The largest absolute Gasteiger partial charge is 0.457 e. The van der Waals surface area contributed by atoms with Gasteiger partial charge in [-0.05, 0) is 37.6 Å². The molecule has 0 aliphatic rings. The summed E-state index contributed by atoms with van der Waals surface area (Å²) in [7, 11) is 0. The van der Waals surface area contributed by atoms with Crippen molar-refractivity contribution in [1.82, 2.24) is 9.55 Å². The fourth-order valence-corrected chi connectivity index (χ4v) is 3.51.